The number of fused-ring (bicyclic) bond motifs is 1. The summed E-state index contributed by atoms with van der Waals surface area (Å²) in [7, 11) is 0. The summed E-state index contributed by atoms with van der Waals surface area (Å²) in [5, 5.41) is 9.33. The van der Waals surface area contributed by atoms with Gasteiger partial charge in [-0.3, -0.25) is 14.9 Å². The van der Waals surface area contributed by atoms with Gasteiger partial charge in [0.15, 0.2) is 0 Å². The number of hydrogen-bond donors (Lipinski definition) is 0. The van der Waals surface area contributed by atoms with Crippen molar-refractivity contribution in [1.29, 1.82) is 5.26 Å². The number of imidazole rings is 1. The lowest BCUT2D eigenvalue weighted by molar-refractivity contribution is -0.0277. The third-order valence-electron chi connectivity index (χ3n) is 8.19. The first-order chi connectivity index (χ1) is 18.2. The summed E-state index contributed by atoms with van der Waals surface area (Å²) >= 11 is 0. The van der Waals surface area contributed by atoms with E-state index in [1.165, 1.54) is 11.1 Å². The van der Waals surface area contributed by atoms with Gasteiger partial charge in [-0.05, 0) is 80.0 Å². The number of pyridine rings is 1. The first-order valence-corrected chi connectivity index (χ1v) is 12.9. The average Bonchev–Trinajstić information content (AvgIpc) is 3.45. The third kappa shape index (κ3) is 4.05. The first-order valence-electron chi connectivity index (χ1n) is 12.9. The van der Waals surface area contributed by atoms with Crippen LogP contribution in [0.1, 0.15) is 56.8 Å². The standard InChI is InChI=1S/C29H29FN6O2/c1-20-12-24(22-6-3-4-11-32-22)33-16-29(20,30)36-18-28(38-26(36)37)10-5-9-27(2,15-28)17-35-19-34-23-8-7-21(14-31)13-25(23)35/h3-4,6-8,11-13,16,19,24H,5,9-10,15,17-18H2,1-2H3/t24?,27-,28-,29?/m0/s1. The molecule has 38 heavy (non-hydrogen) atoms. The minimum Gasteiger partial charge on any atom is -0.441 e. The van der Waals surface area contributed by atoms with Crippen LogP contribution < -0.4 is 0 Å². The van der Waals surface area contributed by atoms with Crippen LogP contribution in [0.15, 0.2) is 65.6 Å². The first kappa shape index (κ1) is 24.3. The van der Waals surface area contributed by atoms with E-state index in [1.807, 2.05) is 30.3 Å². The van der Waals surface area contributed by atoms with E-state index in [-0.39, 0.29) is 12.0 Å². The summed E-state index contributed by atoms with van der Waals surface area (Å²) < 4.78 is 24.5. The smallest absolute Gasteiger partial charge is 0.413 e. The van der Waals surface area contributed by atoms with Gasteiger partial charge in [0, 0.05) is 12.7 Å². The third-order valence-corrected chi connectivity index (χ3v) is 8.19. The zero-order valence-electron chi connectivity index (χ0n) is 21.5. The molecule has 3 aliphatic rings. The van der Waals surface area contributed by atoms with Gasteiger partial charge in [0.05, 0.1) is 47.4 Å². The summed E-state index contributed by atoms with van der Waals surface area (Å²) in [5.41, 5.74) is 2.46. The minimum absolute atomic E-state index is 0.159. The largest absolute Gasteiger partial charge is 0.441 e. The van der Waals surface area contributed by atoms with Gasteiger partial charge < -0.3 is 9.30 Å². The number of carbonyl (C=O) groups excluding carboxylic acids is 1. The molecule has 8 nitrogen and oxygen atoms in total. The fraction of sp³-hybridized carbons (Fsp3) is 0.414. The predicted molar refractivity (Wildman–Crippen MR) is 140 cm³/mol. The average molecular weight is 513 g/mol. The van der Waals surface area contributed by atoms with Gasteiger partial charge >= 0.3 is 6.09 Å². The maximum Gasteiger partial charge on any atom is 0.413 e. The number of carbonyl (C=O) groups is 1. The number of nitrogens with zero attached hydrogens (tertiary/aromatic N) is 6. The van der Waals surface area contributed by atoms with Gasteiger partial charge in [-0.1, -0.05) is 13.0 Å². The molecule has 194 valence electrons. The molecule has 2 aliphatic heterocycles. The highest BCUT2D eigenvalue weighted by atomic mass is 19.1. The molecule has 2 aromatic heterocycles. The Bertz CT molecular complexity index is 1510. The maximum atomic E-state index is 16.4. The number of ether oxygens (including phenoxy) is 1. The van der Waals surface area contributed by atoms with Crippen LogP contribution in [0.4, 0.5) is 9.18 Å². The molecular formula is C29H29FN6O2. The second-order valence-corrected chi connectivity index (χ2v) is 11.2. The van der Waals surface area contributed by atoms with Crippen molar-refractivity contribution in [3.63, 3.8) is 0 Å². The monoisotopic (exact) mass is 512 g/mol. The molecule has 1 aliphatic carbocycles. The Morgan fingerprint density at radius 2 is 2.11 bits per heavy atom. The number of benzene rings is 1. The fourth-order valence-electron chi connectivity index (χ4n) is 6.36. The Morgan fingerprint density at radius 3 is 2.87 bits per heavy atom. The van der Waals surface area contributed by atoms with E-state index in [2.05, 4.69) is 32.5 Å². The molecule has 0 N–H and O–H groups in total. The van der Waals surface area contributed by atoms with Crippen LogP contribution in [0.2, 0.25) is 0 Å². The molecule has 2 fully saturated rings. The number of hydrogen-bond acceptors (Lipinski definition) is 6. The Kier molecular flexibility index (Phi) is 5.60. The number of nitriles is 1. The van der Waals surface area contributed by atoms with Gasteiger partial charge in [0.1, 0.15) is 11.6 Å². The van der Waals surface area contributed by atoms with Gasteiger partial charge in [0.25, 0.3) is 0 Å². The van der Waals surface area contributed by atoms with E-state index in [0.717, 1.165) is 29.6 Å². The van der Waals surface area contributed by atoms with E-state index in [9.17, 15) is 10.1 Å². The highest BCUT2D eigenvalue weighted by Gasteiger charge is 2.57. The molecule has 9 heteroatoms. The van der Waals surface area contributed by atoms with Crippen LogP contribution in [0.25, 0.3) is 11.0 Å². The van der Waals surface area contributed by atoms with Crippen LogP contribution in [0.3, 0.4) is 0 Å². The van der Waals surface area contributed by atoms with Crippen LogP contribution in [-0.4, -0.2) is 49.7 Å². The van der Waals surface area contributed by atoms with Crippen molar-refractivity contribution in [2.24, 2.45) is 10.4 Å². The van der Waals surface area contributed by atoms with Crippen molar-refractivity contribution in [2.75, 3.05) is 6.54 Å². The van der Waals surface area contributed by atoms with Gasteiger partial charge in [0.2, 0.25) is 5.79 Å². The lowest BCUT2D eigenvalue weighted by atomic mass is 9.68. The SMILES string of the molecule is CC1=CC(c2ccccn2)N=CC1(F)N1C[C@@]2(CCC[C@](C)(Cn3cnc4ccc(C#N)cc43)C2)OC1=O. The highest BCUT2D eigenvalue weighted by molar-refractivity contribution is 5.83. The van der Waals surface area contributed by atoms with Crippen LogP contribution in [0.5, 0.6) is 0 Å². The van der Waals surface area contributed by atoms with Gasteiger partial charge in [-0.15, -0.1) is 0 Å². The molecule has 1 saturated heterocycles. The Labute approximate surface area is 220 Å². The molecule has 1 spiro atoms. The number of dihydropyridines is 1. The number of rotatable bonds is 4. The number of amides is 1. The van der Waals surface area contributed by atoms with Crippen molar-refractivity contribution in [3.8, 4) is 6.07 Å². The minimum atomic E-state index is -2.14. The molecule has 3 aromatic rings. The zero-order valence-corrected chi connectivity index (χ0v) is 21.5. The van der Waals surface area contributed by atoms with Crippen LogP contribution >= 0.6 is 0 Å². The van der Waals surface area contributed by atoms with E-state index < -0.39 is 23.5 Å². The van der Waals surface area contributed by atoms with E-state index in [1.54, 1.807) is 31.6 Å². The molecule has 1 amide bonds. The van der Waals surface area contributed by atoms with Crippen molar-refractivity contribution in [1.82, 2.24) is 19.4 Å². The van der Waals surface area contributed by atoms with E-state index >= 15 is 4.39 Å². The zero-order chi connectivity index (χ0) is 26.5. The fourth-order valence-corrected chi connectivity index (χ4v) is 6.36. The maximum absolute atomic E-state index is 16.4. The number of alkyl halides is 1. The molecule has 4 atom stereocenters. The quantitative estimate of drug-likeness (QED) is 0.339. The Hall–Kier alpha value is -4.06. The molecular weight excluding hydrogens is 483 g/mol. The normalized spacial score (nSPS) is 30.9. The second kappa shape index (κ2) is 8.76. The molecule has 0 radical (unpaired) electrons. The molecule has 4 heterocycles. The summed E-state index contributed by atoms with van der Waals surface area (Å²) in [6.07, 6.45) is 8.87. The molecule has 1 saturated carbocycles. The van der Waals surface area contributed by atoms with Crippen LogP contribution in [-0.2, 0) is 11.3 Å². The van der Waals surface area contributed by atoms with Gasteiger partial charge in [-0.2, -0.15) is 5.26 Å². The molecule has 6 rings (SSSR count). The topological polar surface area (TPSA) is 96.4 Å². The second-order valence-electron chi connectivity index (χ2n) is 11.2. The summed E-state index contributed by atoms with van der Waals surface area (Å²) in [4.78, 5) is 27.6. The number of halogens is 1. The Morgan fingerprint density at radius 1 is 1.24 bits per heavy atom. The van der Waals surface area contributed by atoms with Crippen molar-refractivity contribution in [3.05, 3.63) is 71.8 Å². The molecule has 1 aromatic carbocycles. The van der Waals surface area contributed by atoms with Crippen molar-refractivity contribution < 1.29 is 13.9 Å². The predicted octanol–water partition coefficient (Wildman–Crippen LogP) is 5.51. The molecule has 2 unspecified atom stereocenters. The lowest BCUT2D eigenvalue weighted by Gasteiger charge is -2.43. The molecule has 0 bridgehead atoms. The van der Waals surface area contributed by atoms with Crippen molar-refractivity contribution in [2.45, 2.75) is 63.5 Å². The number of aliphatic imine (C=N–C) groups is 1. The number of aromatic nitrogens is 3. The van der Waals surface area contributed by atoms with Crippen molar-refractivity contribution >= 4 is 23.3 Å². The summed E-state index contributed by atoms with van der Waals surface area (Å²) in [6.45, 7) is 4.68. The van der Waals surface area contributed by atoms with E-state index in [4.69, 9.17) is 4.74 Å². The van der Waals surface area contributed by atoms with Crippen LogP contribution in [0, 0.1) is 16.7 Å². The van der Waals surface area contributed by atoms with E-state index in [0.29, 0.717) is 30.5 Å². The van der Waals surface area contributed by atoms with Gasteiger partial charge in [-0.25, -0.2) is 14.2 Å². The summed E-state index contributed by atoms with van der Waals surface area (Å²) in [6, 6.07) is 12.8. The highest BCUT2D eigenvalue weighted by Crippen LogP contribution is 2.49. The lowest BCUT2D eigenvalue weighted by Crippen LogP contribution is -2.51. The Balaban J connectivity index is 1.23. The summed E-state index contributed by atoms with van der Waals surface area (Å²) in [5.74, 6) is -2.14.